The van der Waals surface area contributed by atoms with Gasteiger partial charge in [0.2, 0.25) is 0 Å². The third-order valence-electron chi connectivity index (χ3n) is 5.12. The Balaban J connectivity index is 1.48. The number of aromatic nitrogens is 1. The van der Waals surface area contributed by atoms with Crippen LogP contribution in [0.4, 0.5) is 5.69 Å². The molecule has 0 saturated heterocycles. The van der Waals surface area contributed by atoms with Gasteiger partial charge in [-0.05, 0) is 50.2 Å². The van der Waals surface area contributed by atoms with Crippen molar-refractivity contribution in [3.8, 4) is 29.1 Å². The summed E-state index contributed by atoms with van der Waals surface area (Å²) in [5.41, 5.74) is 0.110. The monoisotopic (exact) mass is 471 g/mol. The molecule has 0 aliphatic carbocycles. The second kappa shape index (κ2) is 9.87. The molecule has 8 heteroatoms. The Morgan fingerprint density at radius 3 is 2.69 bits per heavy atom. The number of benzene rings is 2. The summed E-state index contributed by atoms with van der Waals surface area (Å²) in [6.07, 6.45) is 1.47. The number of likely N-dealkylation sites (N-methyl/N-ethyl adjacent to an activating group) is 1. The van der Waals surface area contributed by atoms with Gasteiger partial charge in [-0.25, -0.2) is 0 Å². The minimum absolute atomic E-state index is 0.0448. The molecule has 1 atom stereocenters. The van der Waals surface area contributed by atoms with Crippen molar-refractivity contribution in [2.75, 3.05) is 18.6 Å². The highest BCUT2D eigenvalue weighted by atomic mass is 16.5. The molecule has 0 bridgehead atoms. The number of anilines is 1. The lowest BCUT2D eigenvalue weighted by atomic mass is 10.1. The highest BCUT2D eigenvalue weighted by Gasteiger charge is 2.31. The van der Waals surface area contributed by atoms with Crippen LogP contribution in [0.3, 0.4) is 0 Å². The van der Waals surface area contributed by atoms with Crippen LogP contribution < -0.4 is 19.7 Å². The van der Waals surface area contributed by atoms with Crippen LogP contribution in [0.5, 0.6) is 17.2 Å². The summed E-state index contributed by atoms with van der Waals surface area (Å²) in [6.45, 7) is 3.14. The third-order valence-corrected chi connectivity index (χ3v) is 5.12. The lowest BCUT2D eigenvalue weighted by Gasteiger charge is -2.20. The average molecular weight is 472 g/mol. The van der Waals surface area contributed by atoms with Crippen LogP contribution in [0.2, 0.25) is 0 Å². The van der Waals surface area contributed by atoms with Crippen LogP contribution in [-0.2, 0) is 4.79 Å². The number of rotatable bonds is 4. The normalized spacial score (nSPS) is 15.1. The molecular formula is C27H25N3O5. The van der Waals surface area contributed by atoms with E-state index in [9.17, 15) is 14.7 Å². The van der Waals surface area contributed by atoms with Crippen LogP contribution in [-0.4, -0.2) is 47.2 Å². The predicted molar refractivity (Wildman–Crippen MR) is 131 cm³/mol. The second-order valence-corrected chi connectivity index (χ2v) is 8.52. The smallest absolute Gasteiger partial charge is 0.270 e. The maximum atomic E-state index is 13.1. The number of nitrogens with zero attached hydrogens (tertiary/aromatic N) is 2. The van der Waals surface area contributed by atoms with Crippen molar-refractivity contribution in [1.82, 2.24) is 10.3 Å². The fourth-order valence-electron chi connectivity index (χ4n) is 3.36. The molecule has 2 amide bonds. The average Bonchev–Trinajstić information content (AvgIpc) is 2.95. The molecule has 178 valence electrons. The Kier molecular flexibility index (Phi) is 6.71. The second-order valence-electron chi connectivity index (χ2n) is 8.52. The standard InChI is InChI=1S/C27H25N3O5/c1-27(2,33)13-11-18-9-10-24-23(15-18)30(3)26(32)22(17-34-24)29-25(31)21-16-20(12-14-28-21)35-19-7-5-4-6-8-19/h4-10,12,14-16,22,33H,17H2,1-3H3,(H,29,31)/t22-/m1/s1. The third kappa shape index (κ3) is 5.96. The van der Waals surface area contributed by atoms with Gasteiger partial charge in [-0.2, -0.15) is 0 Å². The first-order valence-electron chi connectivity index (χ1n) is 11.0. The minimum atomic E-state index is -1.14. The van der Waals surface area contributed by atoms with Gasteiger partial charge in [0.25, 0.3) is 11.8 Å². The molecule has 2 heterocycles. The van der Waals surface area contributed by atoms with Gasteiger partial charge in [-0.3, -0.25) is 14.6 Å². The van der Waals surface area contributed by atoms with E-state index in [1.807, 2.05) is 18.2 Å². The summed E-state index contributed by atoms with van der Waals surface area (Å²) < 4.78 is 11.6. The lowest BCUT2D eigenvalue weighted by Crippen LogP contribution is -2.49. The van der Waals surface area contributed by atoms with Crippen LogP contribution in [0.1, 0.15) is 29.9 Å². The van der Waals surface area contributed by atoms with E-state index in [4.69, 9.17) is 9.47 Å². The highest BCUT2D eigenvalue weighted by Crippen LogP contribution is 2.31. The molecule has 0 spiro atoms. The summed E-state index contributed by atoms with van der Waals surface area (Å²) in [4.78, 5) is 31.5. The van der Waals surface area contributed by atoms with Crippen molar-refractivity contribution in [2.45, 2.75) is 25.5 Å². The molecule has 3 aromatic rings. The van der Waals surface area contributed by atoms with Gasteiger partial charge in [0.05, 0.1) is 5.69 Å². The van der Waals surface area contributed by atoms with E-state index >= 15 is 0 Å². The van der Waals surface area contributed by atoms with Gasteiger partial charge >= 0.3 is 0 Å². The summed E-state index contributed by atoms with van der Waals surface area (Å²) >= 11 is 0. The van der Waals surface area contributed by atoms with Gasteiger partial charge in [0, 0.05) is 24.9 Å². The molecule has 0 saturated carbocycles. The first-order valence-corrected chi connectivity index (χ1v) is 11.0. The van der Waals surface area contributed by atoms with Crippen molar-refractivity contribution in [1.29, 1.82) is 0 Å². The van der Waals surface area contributed by atoms with E-state index in [2.05, 4.69) is 22.1 Å². The van der Waals surface area contributed by atoms with Crippen LogP contribution in [0, 0.1) is 11.8 Å². The van der Waals surface area contributed by atoms with Crippen molar-refractivity contribution in [3.63, 3.8) is 0 Å². The van der Waals surface area contributed by atoms with E-state index in [0.29, 0.717) is 28.5 Å². The molecule has 0 fully saturated rings. The predicted octanol–water partition coefficient (Wildman–Crippen LogP) is 3.15. The summed E-state index contributed by atoms with van der Waals surface area (Å²) in [5.74, 6) is 6.33. The molecule has 1 aromatic heterocycles. The number of aliphatic hydroxyl groups is 1. The Morgan fingerprint density at radius 1 is 1.17 bits per heavy atom. The number of amides is 2. The van der Waals surface area contributed by atoms with E-state index in [-0.39, 0.29) is 18.2 Å². The van der Waals surface area contributed by atoms with Gasteiger partial charge in [-0.15, -0.1) is 0 Å². The Hall–Kier alpha value is -4.35. The van der Waals surface area contributed by atoms with Gasteiger partial charge in [0.15, 0.2) is 0 Å². The maximum Gasteiger partial charge on any atom is 0.270 e. The molecular weight excluding hydrogens is 446 g/mol. The minimum Gasteiger partial charge on any atom is -0.489 e. The molecule has 0 radical (unpaired) electrons. The number of hydrogen-bond acceptors (Lipinski definition) is 6. The Labute approximate surface area is 203 Å². The number of nitrogens with one attached hydrogen (secondary N) is 1. The maximum absolute atomic E-state index is 13.1. The molecule has 2 N–H and O–H groups in total. The molecule has 2 aromatic carbocycles. The molecule has 35 heavy (non-hydrogen) atoms. The fourth-order valence-corrected chi connectivity index (χ4v) is 3.36. The van der Waals surface area contributed by atoms with Crippen LogP contribution in [0.25, 0.3) is 0 Å². The Morgan fingerprint density at radius 2 is 1.94 bits per heavy atom. The Bertz CT molecular complexity index is 1310. The zero-order valence-electron chi connectivity index (χ0n) is 19.6. The molecule has 8 nitrogen and oxygen atoms in total. The van der Waals surface area contributed by atoms with Gasteiger partial charge < -0.3 is 24.8 Å². The summed E-state index contributed by atoms with van der Waals surface area (Å²) in [6, 6.07) is 16.6. The number of para-hydroxylation sites is 1. The number of pyridine rings is 1. The summed E-state index contributed by atoms with van der Waals surface area (Å²) in [7, 11) is 1.61. The van der Waals surface area contributed by atoms with Gasteiger partial charge in [-0.1, -0.05) is 30.0 Å². The number of carbonyl (C=O) groups excluding carboxylic acids is 2. The van der Waals surface area contributed by atoms with Crippen LogP contribution >= 0.6 is 0 Å². The largest absolute Gasteiger partial charge is 0.489 e. The lowest BCUT2D eigenvalue weighted by molar-refractivity contribution is -0.120. The first kappa shape index (κ1) is 23.8. The fraction of sp³-hybridized carbons (Fsp3) is 0.222. The molecule has 1 aliphatic heterocycles. The zero-order chi connectivity index (χ0) is 25.0. The van der Waals surface area contributed by atoms with Crippen molar-refractivity contribution < 1.29 is 24.2 Å². The van der Waals surface area contributed by atoms with Gasteiger partial charge in [0.1, 0.15) is 41.2 Å². The molecule has 1 aliphatic rings. The zero-order valence-corrected chi connectivity index (χ0v) is 19.6. The molecule has 4 rings (SSSR count). The van der Waals surface area contributed by atoms with Crippen molar-refractivity contribution in [2.24, 2.45) is 0 Å². The summed E-state index contributed by atoms with van der Waals surface area (Å²) in [5, 5.41) is 12.6. The topological polar surface area (TPSA) is 101 Å². The van der Waals surface area contributed by atoms with E-state index in [1.54, 1.807) is 57.3 Å². The number of ether oxygens (including phenoxy) is 2. The highest BCUT2D eigenvalue weighted by molar-refractivity contribution is 6.03. The molecule has 0 unspecified atom stereocenters. The van der Waals surface area contributed by atoms with E-state index < -0.39 is 17.6 Å². The van der Waals surface area contributed by atoms with E-state index in [1.165, 1.54) is 17.2 Å². The SMILES string of the molecule is CN1C(=O)[C@H](NC(=O)c2cc(Oc3ccccc3)ccn2)COc2ccc(C#CC(C)(C)O)cc21. The number of hydrogen-bond donors (Lipinski definition) is 2. The first-order chi connectivity index (χ1) is 16.7. The number of fused-ring (bicyclic) bond motifs is 1. The van der Waals surface area contributed by atoms with E-state index in [0.717, 1.165) is 0 Å². The van der Waals surface area contributed by atoms with Crippen LogP contribution in [0.15, 0.2) is 66.9 Å². The quantitative estimate of drug-likeness (QED) is 0.567. The number of carbonyl (C=O) groups is 2. The van der Waals surface area contributed by atoms with Crippen molar-refractivity contribution in [3.05, 3.63) is 78.1 Å². The van der Waals surface area contributed by atoms with Crippen molar-refractivity contribution >= 4 is 17.5 Å².